The van der Waals surface area contributed by atoms with E-state index in [0.29, 0.717) is 16.7 Å². The number of hydrogen-bond donors (Lipinski definition) is 0. The Labute approximate surface area is 115 Å². The molecule has 0 N–H and O–H groups in total. The van der Waals surface area contributed by atoms with E-state index in [0.717, 1.165) is 0 Å². The molecule has 3 rings (SSSR count). The largest absolute Gasteiger partial charge is 0.292 e. The van der Waals surface area contributed by atoms with Crippen LogP contribution in [0.5, 0.6) is 0 Å². The summed E-state index contributed by atoms with van der Waals surface area (Å²) in [6, 6.07) is 5.41. The fraction of sp³-hybridized carbons (Fsp3) is 0. The van der Waals surface area contributed by atoms with Gasteiger partial charge in [-0.2, -0.15) is 0 Å². The van der Waals surface area contributed by atoms with E-state index in [2.05, 4.69) is 4.98 Å². The number of aromatic nitrogens is 2. The zero-order chi connectivity index (χ0) is 14.4. The quantitative estimate of drug-likeness (QED) is 0.533. The predicted molar refractivity (Wildman–Crippen MR) is 71.0 cm³/mol. The molecule has 9 heteroatoms. The van der Waals surface area contributed by atoms with Gasteiger partial charge < -0.3 is 0 Å². The number of fused-ring (bicyclic) bond motifs is 3. The van der Waals surface area contributed by atoms with Gasteiger partial charge in [0.15, 0.2) is 0 Å². The first-order chi connectivity index (χ1) is 9.47. The zero-order valence-electron chi connectivity index (χ0n) is 9.69. The first kappa shape index (κ1) is 12.3. The third-order valence-corrected chi connectivity index (χ3v) is 3.16. The van der Waals surface area contributed by atoms with Crippen molar-refractivity contribution in [3.8, 4) is 0 Å². The second kappa shape index (κ2) is 4.14. The fourth-order valence-electron chi connectivity index (χ4n) is 1.96. The number of halogens is 1. The van der Waals surface area contributed by atoms with Crippen LogP contribution in [-0.4, -0.2) is 19.2 Å². The van der Waals surface area contributed by atoms with Crippen molar-refractivity contribution in [3.05, 3.63) is 55.7 Å². The molecule has 0 aliphatic heterocycles. The Morgan fingerprint density at radius 2 is 1.90 bits per heavy atom. The van der Waals surface area contributed by atoms with E-state index < -0.39 is 9.85 Å². The van der Waals surface area contributed by atoms with Gasteiger partial charge in [0.2, 0.25) is 0 Å². The molecule has 2 aromatic heterocycles. The Morgan fingerprint density at radius 1 is 1.15 bits per heavy atom. The lowest BCUT2D eigenvalue weighted by Gasteiger charge is -1.97. The van der Waals surface area contributed by atoms with Crippen LogP contribution in [0.4, 0.5) is 11.4 Å². The molecule has 20 heavy (non-hydrogen) atoms. The summed E-state index contributed by atoms with van der Waals surface area (Å²) in [6.07, 6.45) is 1.27. The topological polar surface area (TPSA) is 104 Å². The third-order valence-electron chi connectivity index (χ3n) is 2.86. The summed E-state index contributed by atoms with van der Waals surface area (Å²) in [7, 11) is 0. The Bertz CT molecular complexity index is 889. The van der Waals surface area contributed by atoms with Crippen LogP contribution >= 0.6 is 11.6 Å². The van der Waals surface area contributed by atoms with Gasteiger partial charge in [-0.05, 0) is 12.1 Å². The molecule has 0 bridgehead atoms. The van der Waals surface area contributed by atoms with E-state index in [4.69, 9.17) is 11.6 Å². The predicted octanol–water partition coefficient (Wildman–Crippen LogP) is 2.96. The van der Waals surface area contributed by atoms with Crippen LogP contribution < -0.4 is 0 Å². The molecule has 0 atom stereocenters. The maximum absolute atomic E-state index is 10.9. The Hall–Kier alpha value is -2.74. The number of benzene rings is 1. The van der Waals surface area contributed by atoms with Crippen LogP contribution in [0.1, 0.15) is 0 Å². The number of hydrogen-bond acceptors (Lipinski definition) is 5. The van der Waals surface area contributed by atoms with Crippen LogP contribution in [0.25, 0.3) is 16.7 Å². The zero-order valence-corrected chi connectivity index (χ0v) is 10.4. The van der Waals surface area contributed by atoms with Crippen molar-refractivity contribution in [2.24, 2.45) is 0 Å². The second-order valence-electron chi connectivity index (χ2n) is 4.03. The average molecular weight is 293 g/mol. The smallest absolute Gasteiger partial charge is 0.290 e. The van der Waals surface area contributed by atoms with Gasteiger partial charge in [0.05, 0.1) is 27.1 Å². The number of nitro groups is 2. The molecule has 0 amide bonds. The molecule has 0 aliphatic rings. The van der Waals surface area contributed by atoms with Crippen molar-refractivity contribution in [2.45, 2.75) is 0 Å². The Morgan fingerprint density at radius 3 is 2.55 bits per heavy atom. The highest BCUT2D eigenvalue weighted by Gasteiger charge is 2.17. The van der Waals surface area contributed by atoms with Crippen molar-refractivity contribution < 1.29 is 9.85 Å². The van der Waals surface area contributed by atoms with E-state index >= 15 is 0 Å². The SMILES string of the molecule is O=[N+]([O-])c1ccc2nc3cc(Cl)c([N+](=O)[O-])cc3n2c1. The van der Waals surface area contributed by atoms with Crippen LogP contribution in [0, 0.1) is 20.2 Å². The summed E-state index contributed by atoms with van der Waals surface area (Å²) in [4.78, 5) is 24.7. The number of rotatable bonds is 2. The van der Waals surface area contributed by atoms with Crippen molar-refractivity contribution >= 4 is 39.7 Å². The van der Waals surface area contributed by atoms with Crippen LogP contribution in [0.15, 0.2) is 30.5 Å². The highest BCUT2D eigenvalue weighted by atomic mass is 35.5. The van der Waals surface area contributed by atoms with Crippen LogP contribution in [0.3, 0.4) is 0 Å². The third kappa shape index (κ3) is 1.74. The van der Waals surface area contributed by atoms with E-state index in [1.54, 1.807) is 0 Å². The summed E-state index contributed by atoms with van der Waals surface area (Å²) >= 11 is 5.81. The highest BCUT2D eigenvalue weighted by molar-refractivity contribution is 6.33. The molecule has 1 aromatic carbocycles. The first-order valence-corrected chi connectivity index (χ1v) is 5.75. The second-order valence-corrected chi connectivity index (χ2v) is 4.44. The molecule has 100 valence electrons. The number of nitro benzene ring substituents is 1. The monoisotopic (exact) mass is 292 g/mol. The molecule has 8 nitrogen and oxygen atoms in total. The van der Waals surface area contributed by atoms with Crippen molar-refractivity contribution in [3.63, 3.8) is 0 Å². The normalized spacial score (nSPS) is 11.1. The molecule has 0 radical (unpaired) electrons. The van der Waals surface area contributed by atoms with Crippen LogP contribution in [0.2, 0.25) is 5.02 Å². The molecule has 3 aromatic rings. The lowest BCUT2D eigenvalue weighted by atomic mass is 10.3. The van der Waals surface area contributed by atoms with Crippen molar-refractivity contribution in [1.29, 1.82) is 0 Å². The molecule has 0 saturated carbocycles. The molecular formula is C11H5ClN4O4. The molecule has 0 aliphatic carbocycles. The van der Waals surface area contributed by atoms with Gasteiger partial charge in [-0.1, -0.05) is 11.6 Å². The molecule has 0 unspecified atom stereocenters. The summed E-state index contributed by atoms with van der Waals surface area (Å²) in [5, 5.41) is 21.6. The molecule has 0 fully saturated rings. The van der Waals surface area contributed by atoms with Gasteiger partial charge in [0.1, 0.15) is 10.7 Å². The fourth-order valence-corrected chi connectivity index (χ4v) is 2.19. The summed E-state index contributed by atoms with van der Waals surface area (Å²) in [5.74, 6) is 0. The lowest BCUT2D eigenvalue weighted by Crippen LogP contribution is -1.93. The first-order valence-electron chi connectivity index (χ1n) is 5.37. The Kier molecular flexibility index (Phi) is 2.54. The van der Waals surface area contributed by atoms with E-state index in [9.17, 15) is 20.2 Å². The molecule has 0 spiro atoms. The van der Waals surface area contributed by atoms with Gasteiger partial charge in [-0.3, -0.25) is 24.6 Å². The lowest BCUT2D eigenvalue weighted by molar-refractivity contribution is -0.385. The van der Waals surface area contributed by atoms with Gasteiger partial charge in [0.25, 0.3) is 11.4 Å². The van der Waals surface area contributed by atoms with Crippen LogP contribution in [-0.2, 0) is 0 Å². The van der Waals surface area contributed by atoms with Gasteiger partial charge in [-0.15, -0.1) is 0 Å². The van der Waals surface area contributed by atoms with E-state index in [1.807, 2.05) is 0 Å². The minimum Gasteiger partial charge on any atom is -0.292 e. The highest BCUT2D eigenvalue weighted by Crippen LogP contribution is 2.30. The maximum atomic E-state index is 10.9. The summed E-state index contributed by atoms with van der Waals surface area (Å²) < 4.78 is 1.43. The average Bonchev–Trinajstić information content (AvgIpc) is 2.73. The van der Waals surface area contributed by atoms with Gasteiger partial charge in [-0.25, -0.2) is 4.98 Å². The minimum absolute atomic E-state index is 0.0274. The van der Waals surface area contributed by atoms with Gasteiger partial charge in [0, 0.05) is 12.1 Å². The molecule has 2 heterocycles. The van der Waals surface area contributed by atoms with E-state index in [1.165, 1.54) is 34.9 Å². The summed E-state index contributed by atoms with van der Waals surface area (Å²) in [5.41, 5.74) is 0.866. The minimum atomic E-state index is -0.613. The van der Waals surface area contributed by atoms with Crippen molar-refractivity contribution in [2.75, 3.05) is 0 Å². The van der Waals surface area contributed by atoms with Crippen molar-refractivity contribution in [1.82, 2.24) is 9.38 Å². The number of imidazole rings is 1. The van der Waals surface area contributed by atoms with Gasteiger partial charge >= 0.3 is 0 Å². The maximum Gasteiger partial charge on any atom is 0.290 e. The summed E-state index contributed by atoms with van der Waals surface area (Å²) in [6.45, 7) is 0. The molecule has 0 saturated heterocycles. The standard InChI is InChI=1S/C11H5ClN4O4/c12-7-3-8-10(4-9(7)16(19)20)14-5-6(15(17)18)1-2-11(14)13-8/h1-5H. The number of pyridine rings is 1. The Balaban J connectivity index is 2.40. The van der Waals surface area contributed by atoms with E-state index in [-0.39, 0.29) is 16.4 Å². The molecular weight excluding hydrogens is 288 g/mol. The number of nitrogens with zero attached hydrogens (tertiary/aromatic N) is 4.